The number of unbranched alkanes of at least 4 members (excludes halogenated alkanes) is 1. The van der Waals surface area contributed by atoms with Gasteiger partial charge in [-0.25, -0.2) is 0 Å². The van der Waals surface area contributed by atoms with Gasteiger partial charge in [0.25, 0.3) is 0 Å². The van der Waals surface area contributed by atoms with Gasteiger partial charge in [-0.3, -0.25) is 29.1 Å². The third-order valence-corrected chi connectivity index (χ3v) is 5.06. The highest BCUT2D eigenvalue weighted by atomic mass is 16.6. The number of nitrogens with two attached hydrogens (primary N) is 1. The lowest BCUT2D eigenvalue weighted by molar-refractivity contribution is -0.158. The van der Waals surface area contributed by atoms with Crippen molar-refractivity contribution in [3.63, 3.8) is 0 Å². The molecule has 0 aromatic heterocycles. The molecule has 1 aliphatic heterocycles. The van der Waals surface area contributed by atoms with Crippen LogP contribution in [0.4, 0.5) is 0 Å². The summed E-state index contributed by atoms with van der Waals surface area (Å²) in [6.45, 7) is 16.7. The van der Waals surface area contributed by atoms with Crippen molar-refractivity contribution in [1.82, 2.24) is 20.0 Å². The first-order valence-corrected chi connectivity index (χ1v) is 12.3. The standard InChI is InChI=1S/C24H47N5O5/c1-23(2,3)33-21(31)18-28-13-11-27(17-20(30)26-10-8-7-9-25)12-14-29(16-15-28)19-22(32)34-24(4,5)6/h7-19,25H2,1-6H3,(H,26,30). The fourth-order valence-corrected chi connectivity index (χ4v) is 3.53. The number of hydrogen-bond donors (Lipinski definition) is 2. The molecule has 0 saturated carbocycles. The molecule has 0 unspecified atom stereocenters. The van der Waals surface area contributed by atoms with Crippen molar-refractivity contribution >= 4 is 17.8 Å². The summed E-state index contributed by atoms with van der Waals surface area (Å²) in [7, 11) is 0. The molecule has 34 heavy (non-hydrogen) atoms. The van der Waals surface area contributed by atoms with Crippen LogP contribution in [0.1, 0.15) is 54.4 Å². The number of hydrogen-bond acceptors (Lipinski definition) is 9. The van der Waals surface area contributed by atoms with Crippen molar-refractivity contribution in [1.29, 1.82) is 0 Å². The number of amides is 1. The van der Waals surface area contributed by atoms with Gasteiger partial charge in [-0.1, -0.05) is 0 Å². The molecule has 0 radical (unpaired) electrons. The van der Waals surface area contributed by atoms with E-state index in [-0.39, 0.29) is 37.5 Å². The van der Waals surface area contributed by atoms with E-state index in [1.54, 1.807) is 0 Å². The van der Waals surface area contributed by atoms with E-state index in [0.29, 0.717) is 52.4 Å². The number of nitrogens with one attached hydrogen (secondary N) is 1. The Morgan fingerprint density at radius 3 is 1.44 bits per heavy atom. The highest BCUT2D eigenvalue weighted by Crippen LogP contribution is 2.10. The van der Waals surface area contributed by atoms with Crippen molar-refractivity contribution in [2.45, 2.75) is 65.6 Å². The first kappa shape index (κ1) is 30.3. The van der Waals surface area contributed by atoms with E-state index < -0.39 is 11.2 Å². The topological polar surface area (TPSA) is 117 Å². The highest BCUT2D eigenvalue weighted by molar-refractivity contribution is 5.78. The number of ether oxygens (including phenoxy) is 2. The molecule has 1 rings (SSSR count). The van der Waals surface area contributed by atoms with Crippen LogP contribution in [0.15, 0.2) is 0 Å². The van der Waals surface area contributed by atoms with E-state index in [1.165, 1.54) is 0 Å². The zero-order valence-corrected chi connectivity index (χ0v) is 22.2. The maximum absolute atomic E-state index is 12.4. The summed E-state index contributed by atoms with van der Waals surface area (Å²) in [5.74, 6) is -0.599. The molecule has 1 fully saturated rings. The van der Waals surface area contributed by atoms with Gasteiger partial charge < -0.3 is 20.5 Å². The molecule has 0 aliphatic carbocycles. The van der Waals surface area contributed by atoms with Crippen LogP contribution in [0.5, 0.6) is 0 Å². The molecular weight excluding hydrogens is 438 g/mol. The minimum absolute atomic E-state index is 0.0337. The van der Waals surface area contributed by atoms with Gasteiger partial charge in [0.2, 0.25) is 5.91 Å². The molecule has 1 heterocycles. The fourth-order valence-electron chi connectivity index (χ4n) is 3.53. The van der Waals surface area contributed by atoms with Gasteiger partial charge in [0.1, 0.15) is 11.2 Å². The van der Waals surface area contributed by atoms with Crippen LogP contribution in [0.25, 0.3) is 0 Å². The molecule has 0 aromatic rings. The van der Waals surface area contributed by atoms with Crippen molar-refractivity contribution in [2.24, 2.45) is 5.73 Å². The number of carbonyl (C=O) groups is 3. The van der Waals surface area contributed by atoms with E-state index in [2.05, 4.69) is 10.2 Å². The van der Waals surface area contributed by atoms with E-state index >= 15 is 0 Å². The lowest BCUT2D eigenvalue weighted by Gasteiger charge is -2.27. The van der Waals surface area contributed by atoms with E-state index in [0.717, 1.165) is 12.8 Å². The number of nitrogens with zero attached hydrogens (tertiary/aromatic N) is 3. The first-order valence-electron chi connectivity index (χ1n) is 12.3. The maximum atomic E-state index is 12.4. The highest BCUT2D eigenvalue weighted by Gasteiger charge is 2.24. The Balaban J connectivity index is 2.79. The SMILES string of the molecule is CC(C)(C)OC(=O)CN1CCN(CC(=O)NCCCCN)CCN(CC(=O)OC(C)(C)C)CC1. The summed E-state index contributed by atoms with van der Waals surface area (Å²) >= 11 is 0. The van der Waals surface area contributed by atoms with E-state index in [9.17, 15) is 14.4 Å². The maximum Gasteiger partial charge on any atom is 0.320 e. The van der Waals surface area contributed by atoms with Crippen LogP contribution in [0.3, 0.4) is 0 Å². The van der Waals surface area contributed by atoms with Gasteiger partial charge in [0.15, 0.2) is 0 Å². The molecule has 3 N–H and O–H groups in total. The Bertz CT molecular complexity index is 603. The summed E-state index contributed by atoms with van der Waals surface area (Å²) in [6.07, 6.45) is 1.73. The van der Waals surface area contributed by atoms with Gasteiger partial charge in [0, 0.05) is 45.8 Å². The lowest BCUT2D eigenvalue weighted by Crippen LogP contribution is -2.44. The smallest absolute Gasteiger partial charge is 0.320 e. The Morgan fingerprint density at radius 2 is 1.09 bits per heavy atom. The van der Waals surface area contributed by atoms with Crippen LogP contribution < -0.4 is 11.1 Å². The molecule has 1 aliphatic rings. The monoisotopic (exact) mass is 485 g/mol. The first-order chi connectivity index (χ1) is 15.8. The summed E-state index contributed by atoms with van der Waals surface area (Å²) in [5.41, 5.74) is 4.41. The third kappa shape index (κ3) is 15.2. The quantitative estimate of drug-likeness (QED) is 0.336. The van der Waals surface area contributed by atoms with Crippen LogP contribution in [0.2, 0.25) is 0 Å². The molecule has 0 bridgehead atoms. The number of rotatable bonds is 10. The van der Waals surface area contributed by atoms with Crippen molar-refractivity contribution in [3.05, 3.63) is 0 Å². The Kier molecular flexibility index (Phi) is 13.0. The number of esters is 2. The zero-order valence-electron chi connectivity index (χ0n) is 22.2. The summed E-state index contributed by atoms with van der Waals surface area (Å²) in [6, 6.07) is 0. The average molecular weight is 486 g/mol. The Labute approximate surface area is 205 Å². The predicted octanol–water partition coefficient (Wildman–Crippen LogP) is 0.445. The van der Waals surface area contributed by atoms with Crippen LogP contribution >= 0.6 is 0 Å². The van der Waals surface area contributed by atoms with Crippen LogP contribution in [0, 0.1) is 0 Å². The van der Waals surface area contributed by atoms with Crippen LogP contribution in [-0.4, -0.2) is 116 Å². The second-order valence-corrected chi connectivity index (χ2v) is 10.8. The van der Waals surface area contributed by atoms with E-state index in [1.807, 2.05) is 51.3 Å². The van der Waals surface area contributed by atoms with E-state index in [4.69, 9.17) is 15.2 Å². The van der Waals surface area contributed by atoms with Gasteiger partial charge >= 0.3 is 11.9 Å². The summed E-state index contributed by atoms with van der Waals surface area (Å²) in [5, 5.41) is 2.94. The molecular formula is C24H47N5O5. The Hall–Kier alpha value is -1.75. The Morgan fingerprint density at radius 1 is 0.706 bits per heavy atom. The molecule has 10 nitrogen and oxygen atoms in total. The second kappa shape index (κ2) is 14.6. The normalized spacial score (nSPS) is 17.4. The van der Waals surface area contributed by atoms with Gasteiger partial charge in [-0.05, 0) is 60.9 Å². The van der Waals surface area contributed by atoms with Crippen molar-refractivity contribution in [2.75, 3.05) is 72.0 Å². The zero-order chi connectivity index (χ0) is 25.8. The largest absolute Gasteiger partial charge is 0.459 e. The molecule has 0 aromatic carbocycles. The van der Waals surface area contributed by atoms with Crippen molar-refractivity contribution < 1.29 is 23.9 Å². The molecule has 0 atom stereocenters. The van der Waals surface area contributed by atoms with Gasteiger partial charge in [-0.15, -0.1) is 0 Å². The molecule has 1 amide bonds. The average Bonchev–Trinajstić information content (AvgIpc) is 2.75. The third-order valence-electron chi connectivity index (χ3n) is 5.06. The molecule has 198 valence electrons. The van der Waals surface area contributed by atoms with Gasteiger partial charge in [0.05, 0.1) is 19.6 Å². The second-order valence-electron chi connectivity index (χ2n) is 10.8. The summed E-state index contributed by atoms with van der Waals surface area (Å²) in [4.78, 5) is 43.4. The minimum atomic E-state index is -0.548. The molecule has 0 spiro atoms. The molecule has 10 heteroatoms. The lowest BCUT2D eigenvalue weighted by atomic mass is 10.2. The van der Waals surface area contributed by atoms with Crippen molar-refractivity contribution in [3.8, 4) is 0 Å². The molecule has 1 saturated heterocycles. The fraction of sp³-hybridized carbons (Fsp3) is 0.875. The predicted molar refractivity (Wildman–Crippen MR) is 132 cm³/mol. The minimum Gasteiger partial charge on any atom is -0.459 e. The summed E-state index contributed by atoms with van der Waals surface area (Å²) < 4.78 is 11.0. The number of carbonyl (C=O) groups excluding carboxylic acids is 3. The van der Waals surface area contributed by atoms with Crippen LogP contribution in [-0.2, 0) is 23.9 Å². The van der Waals surface area contributed by atoms with Gasteiger partial charge in [-0.2, -0.15) is 0 Å².